The van der Waals surface area contributed by atoms with Crippen molar-refractivity contribution in [2.24, 2.45) is 5.92 Å². The fourth-order valence-electron chi connectivity index (χ4n) is 4.33. The van der Waals surface area contributed by atoms with Gasteiger partial charge < -0.3 is 21.8 Å². The number of benzene rings is 1. The summed E-state index contributed by atoms with van der Waals surface area (Å²) in [4.78, 5) is 13.1. The molecule has 2 aliphatic rings. The van der Waals surface area contributed by atoms with E-state index < -0.39 is 11.6 Å². The predicted octanol–water partition coefficient (Wildman–Crippen LogP) is 3.69. The van der Waals surface area contributed by atoms with Crippen LogP contribution in [-0.4, -0.2) is 48.8 Å². The largest absolute Gasteiger partial charge is 0.460 e. The first-order valence-corrected chi connectivity index (χ1v) is 9.73. The highest BCUT2D eigenvalue weighted by atomic mass is 16.6. The molecule has 1 aliphatic heterocycles. The Labute approximate surface area is 158 Å². The molecule has 26 heavy (non-hydrogen) atoms. The first kappa shape index (κ1) is 20.9. The monoisotopic (exact) mass is 361 g/mol. The summed E-state index contributed by atoms with van der Waals surface area (Å²) in [6, 6.07) is 9.40. The number of carbonyl (C=O) groups excluding carboxylic acids is 1. The number of quaternary nitrogens is 1. The SMILES string of the molecule is C[N+]1(C)CCC(OC(=O)C(O)(c2ccccc2)C2CCCCC2)CC1.[CH3-]. The standard InChI is InChI=1S/C21H32NO3.CH3/c1-22(2)15-13-19(14-16-22)25-20(23)21(24,17-9-5-3-6-10-17)18-11-7-4-8-12-18;/h3,5-6,9-10,18-19,24H,4,7-8,11-16H2,1-2H3;1H3/q+1;-1. The zero-order valence-corrected chi connectivity index (χ0v) is 16.6. The van der Waals surface area contributed by atoms with Gasteiger partial charge in [-0.2, -0.15) is 0 Å². The molecule has 3 rings (SSSR count). The van der Waals surface area contributed by atoms with Crippen LogP contribution in [0.2, 0.25) is 0 Å². The maximum Gasteiger partial charge on any atom is 0.343 e. The maximum absolute atomic E-state index is 13.1. The van der Waals surface area contributed by atoms with Gasteiger partial charge in [0.25, 0.3) is 0 Å². The molecule has 1 aliphatic carbocycles. The van der Waals surface area contributed by atoms with Crippen molar-refractivity contribution in [2.45, 2.75) is 56.7 Å². The number of rotatable bonds is 4. The summed E-state index contributed by atoms with van der Waals surface area (Å²) in [5.41, 5.74) is -0.831. The predicted molar refractivity (Wildman–Crippen MR) is 104 cm³/mol. The Morgan fingerprint density at radius 1 is 1.04 bits per heavy atom. The second kappa shape index (κ2) is 8.53. The van der Waals surface area contributed by atoms with Crippen LogP contribution in [0.4, 0.5) is 0 Å². The molecule has 1 unspecified atom stereocenters. The van der Waals surface area contributed by atoms with Crippen molar-refractivity contribution in [3.63, 3.8) is 0 Å². The van der Waals surface area contributed by atoms with E-state index in [0.29, 0.717) is 5.56 Å². The lowest BCUT2D eigenvalue weighted by Crippen LogP contribution is -2.51. The van der Waals surface area contributed by atoms with E-state index in [4.69, 9.17) is 4.74 Å². The molecule has 1 aromatic carbocycles. The lowest BCUT2D eigenvalue weighted by Gasteiger charge is -2.40. The number of esters is 1. The minimum absolute atomic E-state index is 0. The number of carbonyl (C=O) groups is 1. The molecule has 0 amide bonds. The molecule has 1 heterocycles. The number of hydrogen-bond acceptors (Lipinski definition) is 3. The molecule has 4 heteroatoms. The Bertz CT molecular complexity index is 570. The van der Waals surface area contributed by atoms with Gasteiger partial charge in [-0.25, -0.2) is 4.79 Å². The van der Waals surface area contributed by atoms with Crippen LogP contribution in [0.3, 0.4) is 0 Å². The van der Waals surface area contributed by atoms with Gasteiger partial charge in [0.15, 0.2) is 5.60 Å². The average molecular weight is 362 g/mol. The molecule has 1 saturated heterocycles. The Balaban J connectivity index is 0.00000243. The van der Waals surface area contributed by atoms with E-state index in [1.54, 1.807) is 0 Å². The summed E-state index contributed by atoms with van der Waals surface area (Å²) in [5, 5.41) is 11.5. The molecule has 1 aromatic rings. The van der Waals surface area contributed by atoms with Crippen LogP contribution in [0.25, 0.3) is 0 Å². The molecular formula is C22H35NO3. The van der Waals surface area contributed by atoms with E-state index >= 15 is 0 Å². The van der Waals surface area contributed by atoms with Crippen LogP contribution in [0.15, 0.2) is 30.3 Å². The molecule has 2 fully saturated rings. The Hall–Kier alpha value is -1.39. The topological polar surface area (TPSA) is 46.5 Å². The summed E-state index contributed by atoms with van der Waals surface area (Å²) < 4.78 is 6.83. The summed E-state index contributed by atoms with van der Waals surface area (Å²) in [7, 11) is 4.42. The summed E-state index contributed by atoms with van der Waals surface area (Å²) in [6.07, 6.45) is 6.76. The van der Waals surface area contributed by atoms with E-state index in [2.05, 4.69) is 14.1 Å². The molecule has 0 aromatic heterocycles. The third-order valence-corrected chi connectivity index (χ3v) is 6.11. The first-order valence-electron chi connectivity index (χ1n) is 9.73. The highest BCUT2D eigenvalue weighted by Crippen LogP contribution is 2.40. The number of ether oxygens (including phenoxy) is 1. The van der Waals surface area contributed by atoms with Crippen molar-refractivity contribution >= 4 is 5.97 Å². The number of likely N-dealkylation sites (tertiary alicyclic amines) is 1. The third kappa shape index (κ3) is 4.47. The van der Waals surface area contributed by atoms with Gasteiger partial charge in [-0.15, -0.1) is 0 Å². The lowest BCUT2D eigenvalue weighted by molar-refractivity contribution is -0.896. The second-order valence-corrected chi connectivity index (χ2v) is 8.45. The van der Waals surface area contributed by atoms with Crippen molar-refractivity contribution < 1.29 is 19.1 Å². The Morgan fingerprint density at radius 2 is 1.62 bits per heavy atom. The quantitative estimate of drug-likeness (QED) is 0.505. The molecule has 4 nitrogen and oxygen atoms in total. The van der Waals surface area contributed by atoms with Gasteiger partial charge in [-0.05, 0) is 18.4 Å². The van der Waals surface area contributed by atoms with Crippen LogP contribution in [-0.2, 0) is 15.1 Å². The second-order valence-electron chi connectivity index (χ2n) is 8.45. The van der Waals surface area contributed by atoms with Crippen LogP contribution < -0.4 is 0 Å². The number of hydrogen-bond donors (Lipinski definition) is 1. The van der Waals surface area contributed by atoms with Crippen molar-refractivity contribution in [2.75, 3.05) is 27.2 Å². The number of nitrogens with zero attached hydrogens (tertiary/aromatic N) is 1. The zero-order valence-electron chi connectivity index (χ0n) is 16.6. The highest BCUT2D eigenvalue weighted by Gasteiger charge is 2.48. The number of piperidine rings is 1. The third-order valence-electron chi connectivity index (χ3n) is 6.11. The van der Waals surface area contributed by atoms with Gasteiger partial charge in [0.1, 0.15) is 6.10 Å². The van der Waals surface area contributed by atoms with Gasteiger partial charge in [-0.1, -0.05) is 49.6 Å². The van der Waals surface area contributed by atoms with E-state index in [-0.39, 0.29) is 19.4 Å². The van der Waals surface area contributed by atoms with Crippen molar-refractivity contribution in [1.82, 2.24) is 0 Å². The van der Waals surface area contributed by atoms with Gasteiger partial charge in [0.05, 0.1) is 27.2 Å². The molecule has 146 valence electrons. The van der Waals surface area contributed by atoms with Crippen LogP contribution in [0.1, 0.15) is 50.5 Å². The van der Waals surface area contributed by atoms with E-state index in [0.717, 1.165) is 56.1 Å². The molecule has 1 atom stereocenters. The van der Waals surface area contributed by atoms with Gasteiger partial charge in [-0.3, -0.25) is 0 Å². The smallest absolute Gasteiger partial charge is 0.343 e. The minimum atomic E-state index is -1.51. The molecule has 0 radical (unpaired) electrons. The summed E-state index contributed by atoms with van der Waals surface area (Å²) in [5.74, 6) is -0.491. The maximum atomic E-state index is 13.1. The lowest BCUT2D eigenvalue weighted by atomic mass is 9.73. The van der Waals surface area contributed by atoms with Crippen molar-refractivity contribution in [1.29, 1.82) is 0 Å². The normalized spacial score (nSPS) is 23.5. The minimum Gasteiger partial charge on any atom is -0.460 e. The van der Waals surface area contributed by atoms with Crippen molar-refractivity contribution in [3.8, 4) is 0 Å². The van der Waals surface area contributed by atoms with E-state index in [9.17, 15) is 9.90 Å². The summed E-state index contributed by atoms with van der Waals surface area (Å²) in [6.45, 7) is 2.01. The Morgan fingerprint density at radius 3 is 2.19 bits per heavy atom. The fourth-order valence-corrected chi connectivity index (χ4v) is 4.33. The fraction of sp³-hybridized carbons (Fsp3) is 0.636. The molecule has 0 bridgehead atoms. The Kier molecular flexibility index (Phi) is 6.86. The average Bonchev–Trinajstić information content (AvgIpc) is 2.64. The molecule has 1 saturated carbocycles. The first-order chi connectivity index (χ1) is 11.9. The van der Waals surface area contributed by atoms with Gasteiger partial charge in [0.2, 0.25) is 0 Å². The van der Waals surface area contributed by atoms with Gasteiger partial charge >= 0.3 is 5.97 Å². The molecule has 0 spiro atoms. The van der Waals surface area contributed by atoms with E-state index in [1.165, 1.54) is 6.42 Å². The number of aliphatic hydroxyl groups is 1. The summed E-state index contributed by atoms with van der Waals surface area (Å²) >= 11 is 0. The van der Waals surface area contributed by atoms with E-state index in [1.807, 2.05) is 30.3 Å². The zero-order chi connectivity index (χ0) is 17.9. The van der Waals surface area contributed by atoms with Crippen LogP contribution in [0, 0.1) is 13.3 Å². The van der Waals surface area contributed by atoms with Crippen molar-refractivity contribution in [3.05, 3.63) is 43.3 Å². The van der Waals surface area contributed by atoms with Gasteiger partial charge in [0, 0.05) is 18.8 Å². The van der Waals surface area contributed by atoms with Crippen LogP contribution >= 0.6 is 0 Å². The van der Waals surface area contributed by atoms with Crippen LogP contribution in [0.5, 0.6) is 0 Å². The molecule has 1 N–H and O–H groups in total. The highest BCUT2D eigenvalue weighted by molar-refractivity contribution is 5.81. The molecular weight excluding hydrogens is 326 g/mol.